The number of hydrogen-bond donors (Lipinski definition) is 0. The smallest absolute Gasteiger partial charge is 0.145 e. The average Bonchev–Trinajstić information content (AvgIpc) is 2.63. The molecule has 0 amide bonds. The lowest BCUT2D eigenvalue weighted by Gasteiger charge is -2.00. The Hall–Kier alpha value is -1.42. The number of halogens is 2. The van der Waals surface area contributed by atoms with Gasteiger partial charge in [0.2, 0.25) is 0 Å². The predicted octanol–water partition coefficient (Wildman–Crippen LogP) is 3.23. The highest BCUT2D eigenvalue weighted by atomic mass is 35.5. The summed E-state index contributed by atoms with van der Waals surface area (Å²) in [5.41, 5.74) is 2.26. The van der Waals surface area contributed by atoms with Gasteiger partial charge in [-0.05, 0) is 19.9 Å². The van der Waals surface area contributed by atoms with E-state index in [0.29, 0.717) is 22.7 Å². The van der Waals surface area contributed by atoms with Crippen LogP contribution in [0.2, 0.25) is 0 Å². The summed E-state index contributed by atoms with van der Waals surface area (Å²) in [4.78, 5) is 3.94. The Kier molecular flexibility index (Phi) is 2.92. The first-order valence-electron chi connectivity index (χ1n) is 4.77. The number of aryl methyl sites for hydroxylation is 2. The summed E-state index contributed by atoms with van der Waals surface area (Å²) in [6.45, 7) is 3.38. The lowest BCUT2D eigenvalue weighted by Crippen LogP contribution is -1.91. The van der Waals surface area contributed by atoms with Crippen molar-refractivity contribution in [3.63, 3.8) is 0 Å². The summed E-state index contributed by atoms with van der Waals surface area (Å²) in [6.07, 6.45) is 1.56. The van der Waals surface area contributed by atoms with Crippen LogP contribution < -0.4 is 0 Å². The maximum Gasteiger partial charge on any atom is 0.145 e. The molecule has 0 N–H and O–H groups in total. The van der Waals surface area contributed by atoms with E-state index in [1.807, 2.05) is 0 Å². The molecule has 0 saturated heterocycles. The molecule has 2 heterocycles. The third-order valence-corrected chi connectivity index (χ3v) is 2.68. The molecule has 16 heavy (non-hydrogen) atoms. The minimum absolute atomic E-state index is 0.278. The molecule has 0 fully saturated rings. The Bertz CT molecular complexity index is 525. The second kappa shape index (κ2) is 4.22. The Morgan fingerprint density at radius 3 is 2.81 bits per heavy atom. The molecule has 3 nitrogen and oxygen atoms in total. The fourth-order valence-corrected chi connectivity index (χ4v) is 1.73. The standard InChI is InChI=1S/C11H10ClFN2O/c1-6-10(13)3-8(5-14-6)11-9(4-12)7(2)16-15-11/h3,5H,4H2,1-2H3. The molecule has 84 valence electrons. The van der Waals surface area contributed by atoms with Crippen LogP contribution in [0, 0.1) is 19.7 Å². The van der Waals surface area contributed by atoms with Crippen LogP contribution in [0.1, 0.15) is 17.0 Å². The maximum absolute atomic E-state index is 13.4. The third kappa shape index (κ3) is 1.80. The van der Waals surface area contributed by atoms with Crippen LogP contribution in [0.4, 0.5) is 4.39 Å². The Morgan fingerprint density at radius 2 is 2.19 bits per heavy atom. The van der Waals surface area contributed by atoms with Crippen molar-refractivity contribution >= 4 is 11.6 Å². The van der Waals surface area contributed by atoms with E-state index in [2.05, 4.69) is 10.1 Å². The fourth-order valence-electron chi connectivity index (χ4n) is 1.41. The molecule has 0 aliphatic rings. The number of nitrogens with zero attached hydrogens (tertiary/aromatic N) is 2. The minimum atomic E-state index is -0.362. The molecule has 0 spiro atoms. The van der Waals surface area contributed by atoms with Crippen LogP contribution in [-0.2, 0) is 5.88 Å². The van der Waals surface area contributed by atoms with Gasteiger partial charge >= 0.3 is 0 Å². The quantitative estimate of drug-likeness (QED) is 0.757. The molecular weight excluding hydrogens is 231 g/mol. The van der Waals surface area contributed by atoms with Gasteiger partial charge in [-0.2, -0.15) is 0 Å². The van der Waals surface area contributed by atoms with E-state index in [1.165, 1.54) is 6.07 Å². The van der Waals surface area contributed by atoms with Gasteiger partial charge in [-0.15, -0.1) is 11.6 Å². The molecular formula is C11H10ClFN2O. The average molecular weight is 241 g/mol. The summed E-state index contributed by atoms with van der Waals surface area (Å²) in [6, 6.07) is 1.38. The Labute approximate surface area is 97.2 Å². The Balaban J connectivity index is 2.54. The molecule has 2 aromatic heterocycles. The number of pyridine rings is 1. The van der Waals surface area contributed by atoms with Crippen LogP contribution in [0.5, 0.6) is 0 Å². The van der Waals surface area contributed by atoms with Gasteiger partial charge in [-0.1, -0.05) is 5.16 Å². The molecule has 5 heteroatoms. The first kappa shape index (κ1) is 11.1. The van der Waals surface area contributed by atoms with Crippen LogP contribution >= 0.6 is 11.6 Å². The molecule has 0 unspecified atom stereocenters. The van der Waals surface area contributed by atoms with Gasteiger partial charge in [0.05, 0.1) is 11.6 Å². The van der Waals surface area contributed by atoms with Gasteiger partial charge in [0.1, 0.15) is 17.3 Å². The van der Waals surface area contributed by atoms with Gasteiger partial charge in [0, 0.05) is 17.3 Å². The topological polar surface area (TPSA) is 38.9 Å². The first-order chi connectivity index (χ1) is 7.63. The first-order valence-corrected chi connectivity index (χ1v) is 5.30. The summed E-state index contributed by atoms with van der Waals surface area (Å²) in [7, 11) is 0. The highest BCUT2D eigenvalue weighted by molar-refractivity contribution is 6.17. The van der Waals surface area contributed by atoms with Crippen molar-refractivity contribution < 1.29 is 8.91 Å². The predicted molar refractivity (Wildman–Crippen MR) is 58.7 cm³/mol. The number of hydrogen-bond acceptors (Lipinski definition) is 3. The second-order valence-corrected chi connectivity index (χ2v) is 3.76. The van der Waals surface area contributed by atoms with E-state index < -0.39 is 0 Å². The SMILES string of the molecule is Cc1ncc(-c2noc(C)c2CCl)cc1F. The van der Waals surface area contributed by atoms with E-state index in [0.717, 1.165) is 5.56 Å². The highest BCUT2D eigenvalue weighted by Crippen LogP contribution is 2.26. The lowest BCUT2D eigenvalue weighted by atomic mass is 10.1. The zero-order valence-corrected chi connectivity index (χ0v) is 9.68. The molecule has 0 saturated carbocycles. The second-order valence-electron chi connectivity index (χ2n) is 3.49. The van der Waals surface area contributed by atoms with Crippen molar-refractivity contribution in [3.8, 4) is 11.3 Å². The molecule has 0 aliphatic heterocycles. The molecule has 0 aromatic carbocycles. The summed E-state index contributed by atoms with van der Waals surface area (Å²) in [5.74, 6) is 0.560. The van der Waals surface area contributed by atoms with Crippen molar-refractivity contribution in [3.05, 3.63) is 35.1 Å². The van der Waals surface area contributed by atoms with E-state index in [1.54, 1.807) is 20.0 Å². The van der Waals surface area contributed by atoms with Crippen LogP contribution in [0.25, 0.3) is 11.3 Å². The van der Waals surface area contributed by atoms with Gasteiger partial charge in [0.25, 0.3) is 0 Å². The number of alkyl halides is 1. The molecule has 2 aromatic rings. The molecule has 2 rings (SSSR count). The van der Waals surface area contributed by atoms with Gasteiger partial charge in [0.15, 0.2) is 0 Å². The monoisotopic (exact) mass is 240 g/mol. The van der Waals surface area contributed by atoms with Crippen molar-refractivity contribution in [2.75, 3.05) is 0 Å². The normalized spacial score (nSPS) is 10.8. The molecule has 0 atom stereocenters. The highest BCUT2D eigenvalue weighted by Gasteiger charge is 2.15. The van der Waals surface area contributed by atoms with E-state index >= 15 is 0 Å². The number of rotatable bonds is 2. The number of aromatic nitrogens is 2. The summed E-state index contributed by atoms with van der Waals surface area (Å²) >= 11 is 5.79. The van der Waals surface area contributed by atoms with Gasteiger partial charge in [-0.3, -0.25) is 4.98 Å². The molecule has 0 aliphatic carbocycles. The minimum Gasteiger partial charge on any atom is -0.361 e. The van der Waals surface area contributed by atoms with Crippen LogP contribution in [-0.4, -0.2) is 10.1 Å². The van der Waals surface area contributed by atoms with E-state index in [4.69, 9.17) is 16.1 Å². The zero-order valence-electron chi connectivity index (χ0n) is 8.92. The van der Waals surface area contributed by atoms with Crippen molar-refractivity contribution in [2.45, 2.75) is 19.7 Å². The van der Waals surface area contributed by atoms with Crippen LogP contribution in [0.3, 0.4) is 0 Å². The van der Waals surface area contributed by atoms with Crippen molar-refractivity contribution in [1.82, 2.24) is 10.1 Å². The van der Waals surface area contributed by atoms with E-state index in [9.17, 15) is 4.39 Å². The third-order valence-electron chi connectivity index (χ3n) is 2.42. The largest absolute Gasteiger partial charge is 0.361 e. The molecule has 0 bridgehead atoms. The van der Waals surface area contributed by atoms with Crippen molar-refractivity contribution in [2.24, 2.45) is 0 Å². The maximum atomic E-state index is 13.4. The zero-order chi connectivity index (χ0) is 11.7. The lowest BCUT2D eigenvalue weighted by molar-refractivity contribution is 0.398. The van der Waals surface area contributed by atoms with Crippen molar-refractivity contribution in [1.29, 1.82) is 0 Å². The summed E-state index contributed by atoms with van der Waals surface area (Å²) in [5, 5.41) is 3.86. The Morgan fingerprint density at radius 1 is 1.44 bits per heavy atom. The van der Waals surface area contributed by atoms with Crippen LogP contribution in [0.15, 0.2) is 16.8 Å². The van der Waals surface area contributed by atoms with E-state index in [-0.39, 0.29) is 11.7 Å². The summed E-state index contributed by atoms with van der Waals surface area (Å²) < 4.78 is 18.4. The van der Waals surface area contributed by atoms with Gasteiger partial charge < -0.3 is 4.52 Å². The molecule has 0 radical (unpaired) electrons. The fraction of sp³-hybridized carbons (Fsp3) is 0.273. The van der Waals surface area contributed by atoms with Gasteiger partial charge in [-0.25, -0.2) is 4.39 Å².